The lowest BCUT2D eigenvalue weighted by molar-refractivity contribution is 0.688. The number of hydrogen-bond acceptors (Lipinski definition) is 1. The molecule has 0 aliphatic rings. The molecule has 3 heteroatoms. The predicted molar refractivity (Wildman–Crippen MR) is 92.5 cm³/mol. The smallest absolute Gasteiger partial charge is 0.0643 e. The molecule has 2 unspecified atom stereocenters. The third-order valence-corrected chi connectivity index (χ3v) is 4.87. The molecule has 1 nitrogen and oxygen atoms in total. The number of halogens is 2. The number of benzene rings is 2. The Morgan fingerprint density at radius 2 is 1.62 bits per heavy atom. The van der Waals surface area contributed by atoms with Gasteiger partial charge in [-0.2, -0.15) is 0 Å². The highest BCUT2D eigenvalue weighted by atomic mass is 35.5. The van der Waals surface area contributed by atoms with E-state index in [1.54, 1.807) is 0 Å². The normalized spacial score (nSPS) is 14.0. The third-order valence-electron chi connectivity index (χ3n) is 4.03. The van der Waals surface area contributed by atoms with E-state index < -0.39 is 0 Å². The largest absolute Gasteiger partial charge is 0.309 e. The molecule has 0 amide bonds. The molecule has 0 heterocycles. The van der Waals surface area contributed by atoms with Crippen molar-refractivity contribution in [2.24, 2.45) is 0 Å². The second kappa shape index (κ2) is 7.31. The van der Waals surface area contributed by atoms with Crippen LogP contribution in [0.4, 0.5) is 0 Å². The zero-order chi connectivity index (χ0) is 15.4. The highest BCUT2D eigenvalue weighted by Gasteiger charge is 2.17. The summed E-state index contributed by atoms with van der Waals surface area (Å²) in [6.07, 6.45) is 1.15. The van der Waals surface area contributed by atoms with Crippen molar-refractivity contribution < 1.29 is 0 Å². The Bertz CT molecular complexity index is 593. The van der Waals surface area contributed by atoms with Crippen molar-refractivity contribution in [2.75, 3.05) is 7.05 Å². The Morgan fingerprint density at radius 3 is 2.19 bits per heavy atom. The van der Waals surface area contributed by atoms with Crippen molar-refractivity contribution >= 4 is 23.2 Å². The molecule has 2 atom stereocenters. The van der Waals surface area contributed by atoms with Crippen molar-refractivity contribution in [3.63, 3.8) is 0 Å². The maximum absolute atomic E-state index is 6.35. The van der Waals surface area contributed by atoms with E-state index in [1.807, 2.05) is 25.2 Å². The Morgan fingerprint density at radius 1 is 1.00 bits per heavy atom. The van der Waals surface area contributed by atoms with Gasteiger partial charge in [0.25, 0.3) is 0 Å². The fraction of sp³-hybridized carbons (Fsp3) is 0.333. The summed E-state index contributed by atoms with van der Waals surface area (Å²) in [5.74, 6) is 0.585. The van der Waals surface area contributed by atoms with Gasteiger partial charge in [0, 0.05) is 0 Å². The van der Waals surface area contributed by atoms with Gasteiger partial charge in [-0.1, -0.05) is 73.4 Å². The maximum atomic E-state index is 6.35. The van der Waals surface area contributed by atoms with Gasteiger partial charge in [-0.25, -0.2) is 0 Å². The standard InChI is InChI=1S/C18H21Cl2N/c1-4-12(2)13-8-10-14(11-9-13)18(21-3)15-6-5-7-16(19)17(15)20/h5-12,18,21H,4H2,1-3H3. The van der Waals surface area contributed by atoms with Gasteiger partial charge in [0.15, 0.2) is 0 Å². The van der Waals surface area contributed by atoms with Gasteiger partial charge in [-0.05, 0) is 42.1 Å². The molecule has 0 saturated carbocycles. The first-order valence-electron chi connectivity index (χ1n) is 7.29. The van der Waals surface area contributed by atoms with E-state index in [9.17, 15) is 0 Å². The van der Waals surface area contributed by atoms with Crippen molar-refractivity contribution in [1.29, 1.82) is 0 Å². The molecule has 0 spiro atoms. The highest BCUT2D eigenvalue weighted by Crippen LogP contribution is 2.33. The molecular formula is C18H21Cl2N. The van der Waals surface area contributed by atoms with Gasteiger partial charge >= 0.3 is 0 Å². The fourth-order valence-electron chi connectivity index (χ4n) is 2.50. The lowest BCUT2D eigenvalue weighted by Gasteiger charge is -2.20. The molecule has 0 saturated heterocycles. The molecule has 112 valence electrons. The molecule has 1 N–H and O–H groups in total. The first kappa shape index (κ1) is 16.4. The van der Waals surface area contributed by atoms with E-state index in [2.05, 4.69) is 43.4 Å². The van der Waals surface area contributed by atoms with Crippen LogP contribution in [0.25, 0.3) is 0 Å². The number of rotatable bonds is 5. The third kappa shape index (κ3) is 3.60. The molecule has 2 aromatic rings. The van der Waals surface area contributed by atoms with Crippen LogP contribution in [-0.2, 0) is 0 Å². The molecule has 0 aliphatic carbocycles. The summed E-state index contributed by atoms with van der Waals surface area (Å²) in [6.45, 7) is 4.46. The lowest BCUT2D eigenvalue weighted by atomic mass is 9.93. The van der Waals surface area contributed by atoms with E-state index in [1.165, 1.54) is 11.1 Å². The summed E-state index contributed by atoms with van der Waals surface area (Å²) < 4.78 is 0. The number of nitrogens with one attached hydrogen (secondary N) is 1. The van der Waals surface area contributed by atoms with Gasteiger partial charge in [0.2, 0.25) is 0 Å². The van der Waals surface area contributed by atoms with Crippen LogP contribution in [-0.4, -0.2) is 7.05 Å². The SMILES string of the molecule is CCC(C)c1ccc(C(NC)c2cccc(Cl)c2Cl)cc1. The Hall–Kier alpha value is -1.02. The van der Waals surface area contributed by atoms with Gasteiger partial charge in [0.1, 0.15) is 0 Å². The molecule has 0 radical (unpaired) electrons. The monoisotopic (exact) mass is 321 g/mol. The van der Waals surface area contributed by atoms with Crippen molar-refractivity contribution in [1.82, 2.24) is 5.32 Å². The molecule has 0 fully saturated rings. The summed E-state index contributed by atoms with van der Waals surface area (Å²) in [6, 6.07) is 14.5. The number of hydrogen-bond donors (Lipinski definition) is 1. The van der Waals surface area contributed by atoms with Gasteiger partial charge < -0.3 is 5.32 Å². The van der Waals surface area contributed by atoms with Crippen LogP contribution in [0.2, 0.25) is 10.0 Å². The first-order chi connectivity index (χ1) is 10.1. The zero-order valence-electron chi connectivity index (χ0n) is 12.7. The van der Waals surface area contributed by atoms with Crippen LogP contribution >= 0.6 is 23.2 Å². The van der Waals surface area contributed by atoms with E-state index >= 15 is 0 Å². The summed E-state index contributed by atoms with van der Waals surface area (Å²) in [4.78, 5) is 0. The minimum atomic E-state index is 0.0437. The van der Waals surface area contributed by atoms with E-state index in [4.69, 9.17) is 23.2 Å². The van der Waals surface area contributed by atoms with Crippen LogP contribution in [0.1, 0.15) is 48.9 Å². The summed E-state index contributed by atoms with van der Waals surface area (Å²) in [7, 11) is 1.93. The second-order valence-corrected chi connectivity index (χ2v) is 6.13. The van der Waals surface area contributed by atoms with Gasteiger partial charge in [-0.3, -0.25) is 0 Å². The van der Waals surface area contributed by atoms with E-state index in [0.717, 1.165) is 12.0 Å². The molecule has 0 bridgehead atoms. The van der Waals surface area contributed by atoms with Crippen molar-refractivity contribution in [3.05, 3.63) is 69.2 Å². The second-order valence-electron chi connectivity index (χ2n) is 5.34. The molecule has 21 heavy (non-hydrogen) atoms. The average Bonchev–Trinajstić information content (AvgIpc) is 2.52. The molecule has 2 rings (SSSR count). The average molecular weight is 322 g/mol. The van der Waals surface area contributed by atoms with Crippen LogP contribution in [0.5, 0.6) is 0 Å². The fourth-order valence-corrected chi connectivity index (χ4v) is 2.91. The predicted octanol–water partition coefficient (Wildman–Crippen LogP) is 5.82. The molecule has 0 aliphatic heterocycles. The first-order valence-corrected chi connectivity index (χ1v) is 8.05. The van der Waals surface area contributed by atoms with Gasteiger partial charge in [0.05, 0.1) is 16.1 Å². The Labute approximate surface area is 137 Å². The Balaban J connectivity index is 2.35. The quantitative estimate of drug-likeness (QED) is 0.732. The summed E-state index contributed by atoms with van der Waals surface area (Å²) in [5, 5.41) is 4.53. The van der Waals surface area contributed by atoms with Crippen molar-refractivity contribution in [2.45, 2.75) is 32.2 Å². The summed E-state index contributed by atoms with van der Waals surface area (Å²) in [5.41, 5.74) is 3.56. The zero-order valence-corrected chi connectivity index (χ0v) is 14.2. The van der Waals surface area contributed by atoms with Gasteiger partial charge in [-0.15, -0.1) is 0 Å². The van der Waals surface area contributed by atoms with Crippen molar-refractivity contribution in [3.8, 4) is 0 Å². The summed E-state index contributed by atoms with van der Waals surface area (Å²) >= 11 is 12.5. The van der Waals surface area contributed by atoms with E-state index in [0.29, 0.717) is 16.0 Å². The Kier molecular flexibility index (Phi) is 5.69. The van der Waals surface area contributed by atoms with E-state index in [-0.39, 0.29) is 6.04 Å². The van der Waals surface area contributed by atoms with Crippen LogP contribution in [0.15, 0.2) is 42.5 Å². The maximum Gasteiger partial charge on any atom is 0.0643 e. The topological polar surface area (TPSA) is 12.0 Å². The minimum absolute atomic E-state index is 0.0437. The van der Waals surface area contributed by atoms with Crippen LogP contribution in [0.3, 0.4) is 0 Å². The highest BCUT2D eigenvalue weighted by molar-refractivity contribution is 6.42. The molecular weight excluding hydrogens is 301 g/mol. The minimum Gasteiger partial charge on any atom is -0.309 e. The molecule has 2 aromatic carbocycles. The van der Waals surface area contributed by atoms with Crippen LogP contribution < -0.4 is 5.32 Å². The molecule has 0 aromatic heterocycles. The lowest BCUT2D eigenvalue weighted by Crippen LogP contribution is -2.18. The van der Waals surface area contributed by atoms with Crippen LogP contribution in [0, 0.1) is 0 Å².